The van der Waals surface area contributed by atoms with Gasteiger partial charge in [0.25, 0.3) is 0 Å². The molecule has 0 amide bonds. The normalized spacial score (nSPS) is 8.88. The number of carbonyl (C=O) groups excluding carboxylic acids is 2. The lowest BCUT2D eigenvalue weighted by molar-refractivity contribution is -0.0979. The lowest BCUT2D eigenvalue weighted by Gasteiger charge is -2.02. The largest absolute Gasteiger partial charge is 0.497 e. The van der Waals surface area contributed by atoms with Crippen LogP contribution in [0.25, 0.3) is 0 Å². The summed E-state index contributed by atoms with van der Waals surface area (Å²) in [6, 6.07) is 7.27. The molecule has 0 radical (unpaired) electrons. The van der Waals surface area contributed by atoms with E-state index in [4.69, 9.17) is 9.53 Å². The van der Waals surface area contributed by atoms with Crippen molar-refractivity contribution in [2.45, 2.75) is 26.2 Å². The molecular formula is C13H18O3. The molecule has 1 aromatic rings. The molecule has 3 heteroatoms. The number of unbranched alkanes of at least 4 members (excludes halogenated alkanes) is 1. The summed E-state index contributed by atoms with van der Waals surface area (Å²) < 4.78 is 5.02. The highest BCUT2D eigenvalue weighted by atomic mass is 16.5. The van der Waals surface area contributed by atoms with Crippen LogP contribution in [0.2, 0.25) is 0 Å². The van der Waals surface area contributed by atoms with Gasteiger partial charge in [-0.25, -0.2) is 0 Å². The summed E-state index contributed by atoms with van der Waals surface area (Å²) in [6.45, 7) is 4.08. The molecule has 0 saturated heterocycles. The lowest BCUT2D eigenvalue weighted by Crippen LogP contribution is -1.98. The number of rotatable bonds is 5. The Morgan fingerprint density at radius 3 is 2.25 bits per heavy atom. The van der Waals surface area contributed by atoms with Crippen LogP contribution < -0.4 is 4.74 Å². The SMILES string of the molecule is C=O.CCCCC(=O)c1ccc(OC)cc1. The van der Waals surface area contributed by atoms with Crippen molar-refractivity contribution in [3.8, 4) is 5.75 Å². The highest BCUT2D eigenvalue weighted by Gasteiger charge is 2.04. The van der Waals surface area contributed by atoms with E-state index in [1.807, 2.05) is 31.1 Å². The molecule has 88 valence electrons. The predicted octanol–water partition coefficient (Wildman–Crippen LogP) is 2.88. The van der Waals surface area contributed by atoms with E-state index in [-0.39, 0.29) is 5.78 Å². The van der Waals surface area contributed by atoms with E-state index in [1.165, 1.54) is 0 Å². The number of ether oxygens (including phenoxy) is 1. The van der Waals surface area contributed by atoms with Gasteiger partial charge in [0.15, 0.2) is 5.78 Å². The van der Waals surface area contributed by atoms with Crippen LogP contribution in [0.1, 0.15) is 36.5 Å². The minimum atomic E-state index is 0.217. The van der Waals surface area contributed by atoms with Crippen LogP contribution in [0.4, 0.5) is 0 Å². The van der Waals surface area contributed by atoms with Gasteiger partial charge in [-0.1, -0.05) is 13.3 Å². The van der Waals surface area contributed by atoms with E-state index < -0.39 is 0 Å². The molecule has 0 heterocycles. The van der Waals surface area contributed by atoms with Gasteiger partial charge in [0.05, 0.1) is 7.11 Å². The van der Waals surface area contributed by atoms with Gasteiger partial charge in [-0.3, -0.25) is 4.79 Å². The Balaban J connectivity index is 0.00000106. The summed E-state index contributed by atoms with van der Waals surface area (Å²) in [7, 11) is 1.62. The van der Waals surface area contributed by atoms with Gasteiger partial charge in [-0.2, -0.15) is 0 Å². The second kappa shape index (κ2) is 8.65. The topological polar surface area (TPSA) is 43.4 Å². The fraction of sp³-hybridized carbons (Fsp3) is 0.385. The smallest absolute Gasteiger partial charge is 0.162 e. The van der Waals surface area contributed by atoms with Crippen molar-refractivity contribution in [2.75, 3.05) is 7.11 Å². The molecule has 0 aliphatic heterocycles. The Bertz CT molecular complexity index is 303. The van der Waals surface area contributed by atoms with Gasteiger partial charge in [-0.15, -0.1) is 0 Å². The first kappa shape index (κ1) is 14.4. The molecule has 3 nitrogen and oxygen atoms in total. The molecule has 1 rings (SSSR count). The Kier molecular flexibility index (Phi) is 7.76. The van der Waals surface area contributed by atoms with E-state index in [1.54, 1.807) is 7.11 Å². The maximum Gasteiger partial charge on any atom is 0.162 e. The Morgan fingerprint density at radius 1 is 1.25 bits per heavy atom. The third kappa shape index (κ3) is 4.73. The third-order valence-corrected chi connectivity index (χ3v) is 2.17. The average Bonchev–Trinajstić information content (AvgIpc) is 2.38. The second-order valence-electron chi connectivity index (χ2n) is 3.26. The van der Waals surface area contributed by atoms with Crippen molar-refractivity contribution in [3.05, 3.63) is 29.8 Å². The van der Waals surface area contributed by atoms with Crippen LogP contribution in [0, 0.1) is 0 Å². The molecule has 0 N–H and O–H groups in total. The number of carbonyl (C=O) groups is 2. The summed E-state index contributed by atoms with van der Waals surface area (Å²) in [4.78, 5) is 19.6. The first-order chi connectivity index (χ1) is 7.77. The number of methoxy groups -OCH3 is 1. The van der Waals surface area contributed by atoms with Gasteiger partial charge in [0.2, 0.25) is 0 Å². The van der Waals surface area contributed by atoms with Gasteiger partial charge in [-0.05, 0) is 30.7 Å². The van der Waals surface area contributed by atoms with E-state index in [2.05, 4.69) is 6.92 Å². The Morgan fingerprint density at radius 2 is 1.81 bits per heavy atom. The zero-order valence-electron chi connectivity index (χ0n) is 9.86. The van der Waals surface area contributed by atoms with Gasteiger partial charge in [0.1, 0.15) is 12.5 Å². The van der Waals surface area contributed by atoms with Crippen molar-refractivity contribution in [2.24, 2.45) is 0 Å². The van der Waals surface area contributed by atoms with Gasteiger partial charge in [0, 0.05) is 12.0 Å². The molecule has 0 bridgehead atoms. The molecule has 1 aromatic carbocycles. The minimum Gasteiger partial charge on any atom is -0.497 e. The summed E-state index contributed by atoms with van der Waals surface area (Å²) in [5.74, 6) is 1.01. The second-order valence-corrected chi connectivity index (χ2v) is 3.26. The lowest BCUT2D eigenvalue weighted by atomic mass is 10.1. The number of Topliss-reactive ketones (excluding diaryl/α,β-unsaturated/α-hetero) is 1. The average molecular weight is 222 g/mol. The maximum absolute atomic E-state index is 11.6. The van der Waals surface area contributed by atoms with Crippen molar-refractivity contribution in [1.82, 2.24) is 0 Å². The fourth-order valence-electron chi connectivity index (χ4n) is 1.26. The molecule has 16 heavy (non-hydrogen) atoms. The van der Waals surface area contributed by atoms with Crippen LogP contribution in [-0.2, 0) is 4.79 Å². The molecular weight excluding hydrogens is 204 g/mol. The highest BCUT2D eigenvalue weighted by Crippen LogP contribution is 2.13. The molecule has 0 unspecified atom stereocenters. The Labute approximate surface area is 96.4 Å². The summed E-state index contributed by atoms with van der Waals surface area (Å²) >= 11 is 0. The molecule has 0 aliphatic carbocycles. The fourth-order valence-corrected chi connectivity index (χ4v) is 1.26. The predicted molar refractivity (Wildman–Crippen MR) is 64.0 cm³/mol. The van der Waals surface area contributed by atoms with Crippen LogP contribution in [0.15, 0.2) is 24.3 Å². The van der Waals surface area contributed by atoms with E-state index in [9.17, 15) is 4.79 Å². The summed E-state index contributed by atoms with van der Waals surface area (Å²) in [5, 5.41) is 0. The molecule has 0 saturated carbocycles. The highest BCUT2D eigenvalue weighted by molar-refractivity contribution is 5.96. The van der Waals surface area contributed by atoms with E-state index in [0.717, 1.165) is 24.2 Å². The first-order valence-corrected chi connectivity index (χ1v) is 5.24. The number of benzene rings is 1. The number of ketones is 1. The first-order valence-electron chi connectivity index (χ1n) is 5.24. The molecule has 0 aliphatic rings. The van der Waals surface area contributed by atoms with Crippen LogP contribution >= 0.6 is 0 Å². The van der Waals surface area contributed by atoms with E-state index in [0.29, 0.717) is 6.42 Å². The minimum absolute atomic E-state index is 0.217. The van der Waals surface area contributed by atoms with Crippen molar-refractivity contribution >= 4 is 12.6 Å². The zero-order chi connectivity index (χ0) is 12.4. The molecule has 0 aromatic heterocycles. The van der Waals surface area contributed by atoms with E-state index >= 15 is 0 Å². The molecule has 0 atom stereocenters. The number of hydrogen-bond acceptors (Lipinski definition) is 3. The van der Waals surface area contributed by atoms with Gasteiger partial charge < -0.3 is 9.53 Å². The van der Waals surface area contributed by atoms with Crippen molar-refractivity contribution < 1.29 is 14.3 Å². The maximum atomic E-state index is 11.6. The summed E-state index contributed by atoms with van der Waals surface area (Å²) in [5.41, 5.74) is 0.777. The van der Waals surface area contributed by atoms with Crippen LogP contribution in [-0.4, -0.2) is 19.7 Å². The third-order valence-electron chi connectivity index (χ3n) is 2.17. The molecule has 0 spiro atoms. The number of hydrogen-bond donors (Lipinski definition) is 0. The monoisotopic (exact) mass is 222 g/mol. The van der Waals surface area contributed by atoms with Crippen molar-refractivity contribution in [1.29, 1.82) is 0 Å². The van der Waals surface area contributed by atoms with Crippen molar-refractivity contribution in [3.63, 3.8) is 0 Å². The quantitative estimate of drug-likeness (QED) is 0.719. The van der Waals surface area contributed by atoms with Crippen LogP contribution in [0.3, 0.4) is 0 Å². The molecule has 0 fully saturated rings. The summed E-state index contributed by atoms with van der Waals surface area (Å²) in [6.07, 6.45) is 2.66. The zero-order valence-corrected chi connectivity index (χ0v) is 9.86. The van der Waals surface area contributed by atoms with Crippen LogP contribution in [0.5, 0.6) is 5.75 Å². The standard InChI is InChI=1S/C12H16O2.CH2O/c1-3-4-5-12(13)10-6-8-11(14-2)9-7-10;1-2/h6-9H,3-5H2,1-2H3;1H2. The van der Waals surface area contributed by atoms with Gasteiger partial charge >= 0.3 is 0 Å². The Hall–Kier alpha value is -1.64.